The van der Waals surface area contributed by atoms with Crippen molar-refractivity contribution < 1.29 is 23.8 Å². The highest BCUT2D eigenvalue weighted by molar-refractivity contribution is 6.44. The minimum atomic E-state index is -0.492. The second-order valence-corrected chi connectivity index (χ2v) is 7.48. The van der Waals surface area contributed by atoms with E-state index in [9.17, 15) is 4.79 Å². The molecule has 1 aliphatic heterocycles. The van der Waals surface area contributed by atoms with Gasteiger partial charge in [0.1, 0.15) is 11.4 Å². The van der Waals surface area contributed by atoms with Crippen molar-refractivity contribution in [2.75, 3.05) is 45.3 Å². The number of carbonyl (C=O) groups is 2. The Kier molecular flexibility index (Phi) is 8.99. The lowest BCUT2D eigenvalue weighted by Gasteiger charge is -2.37. The Morgan fingerprint density at radius 3 is 2.11 bits per heavy atom. The van der Waals surface area contributed by atoms with Gasteiger partial charge in [0.2, 0.25) is 0 Å². The average molecular weight is 421 g/mol. The fourth-order valence-corrected chi connectivity index (χ4v) is 2.85. The fourth-order valence-electron chi connectivity index (χ4n) is 2.42. The molecule has 0 aliphatic carbocycles. The van der Waals surface area contributed by atoms with Gasteiger partial charge in [-0.25, -0.2) is 4.79 Å². The van der Waals surface area contributed by atoms with Gasteiger partial charge in [-0.15, -0.1) is 0 Å². The second kappa shape index (κ2) is 10.5. The van der Waals surface area contributed by atoms with Crippen LogP contribution < -0.4 is 9.64 Å². The normalized spacial score (nSPS) is 14.0. The van der Waals surface area contributed by atoms with Crippen LogP contribution >= 0.6 is 23.2 Å². The maximum absolute atomic E-state index is 12.1. The van der Waals surface area contributed by atoms with Crippen LogP contribution in [0.4, 0.5) is 10.5 Å². The minimum Gasteiger partial charge on any atom is -0.495 e. The van der Waals surface area contributed by atoms with E-state index in [1.54, 1.807) is 24.1 Å². The molecule has 0 unspecified atom stereocenters. The van der Waals surface area contributed by atoms with E-state index in [-0.39, 0.29) is 6.09 Å². The number of ether oxygens (including phenoxy) is 3. The van der Waals surface area contributed by atoms with Gasteiger partial charge in [-0.2, -0.15) is 0 Å². The largest absolute Gasteiger partial charge is 0.495 e. The maximum atomic E-state index is 12.1. The van der Waals surface area contributed by atoms with Crippen LogP contribution in [0, 0.1) is 0 Å². The summed E-state index contributed by atoms with van der Waals surface area (Å²) in [6, 6.07) is 3.51. The molecule has 0 bridgehead atoms. The maximum Gasteiger partial charge on any atom is 0.410 e. The molecule has 0 saturated carbocycles. The van der Waals surface area contributed by atoms with Crippen LogP contribution in [0.5, 0.6) is 5.75 Å². The molecule has 152 valence electrons. The van der Waals surface area contributed by atoms with E-state index in [1.165, 1.54) is 7.11 Å². The third-order valence-electron chi connectivity index (χ3n) is 3.60. The van der Waals surface area contributed by atoms with Crippen LogP contribution in [0.15, 0.2) is 12.1 Å². The first kappa shape index (κ1) is 23.2. The molecule has 2 rings (SSSR count). The molecule has 27 heavy (non-hydrogen) atoms. The van der Waals surface area contributed by atoms with E-state index < -0.39 is 5.60 Å². The van der Waals surface area contributed by atoms with E-state index in [4.69, 9.17) is 37.5 Å². The Balaban J connectivity index is 0.000000828. The van der Waals surface area contributed by atoms with Crippen molar-refractivity contribution in [1.29, 1.82) is 0 Å². The van der Waals surface area contributed by atoms with Crippen molar-refractivity contribution >= 4 is 41.5 Å². The van der Waals surface area contributed by atoms with Gasteiger partial charge in [-0.3, -0.25) is 4.79 Å². The molecular formula is C18H26Cl2N2O5. The first-order valence-electron chi connectivity index (χ1n) is 8.36. The molecule has 0 radical (unpaired) electrons. The molecule has 9 heteroatoms. The fraction of sp³-hybridized carbons (Fsp3) is 0.556. The number of piperazine rings is 1. The molecule has 1 saturated heterocycles. The molecule has 1 aromatic rings. The summed E-state index contributed by atoms with van der Waals surface area (Å²) in [7, 11) is 2.91. The van der Waals surface area contributed by atoms with Crippen LogP contribution in [0.3, 0.4) is 0 Å². The number of hydrogen-bond donors (Lipinski definition) is 0. The summed E-state index contributed by atoms with van der Waals surface area (Å²) in [6.07, 6.45) is -0.290. The third-order valence-corrected chi connectivity index (χ3v) is 4.39. The zero-order valence-electron chi connectivity index (χ0n) is 16.3. The Bertz CT molecular complexity index is 641. The molecule has 1 fully saturated rings. The monoisotopic (exact) mass is 420 g/mol. The number of anilines is 1. The predicted molar refractivity (Wildman–Crippen MR) is 106 cm³/mol. The van der Waals surface area contributed by atoms with Gasteiger partial charge >= 0.3 is 6.09 Å². The lowest BCUT2D eigenvalue weighted by Crippen LogP contribution is -2.50. The summed E-state index contributed by atoms with van der Waals surface area (Å²) in [5, 5.41) is 0.953. The van der Waals surface area contributed by atoms with E-state index in [0.717, 1.165) is 5.69 Å². The van der Waals surface area contributed by atoms with Gasteiger partial charge in [0.15, 0.2) is 0 Å². The van der Waals surface area contributed by atoms with E-state index >= 15 is 0 Å². The number of benzene rings is 1. The summed E-state index contributed by atoms with van der Waals surface area (Å²) >= 11 is 12.5. The van der Waals surface area contributed by atoms with Gasteiger partial charge in [0.25, 0.3) is 6.47 Å². The van der Waals surface area contributed by atoms with Crippen molar-refractivity contribution in [3.8, 4) is 5.75 Å². The van der Waals surface area contributed by atoms with Crippen molar-refractivity contribution in [2.24, 2.45) is 0 Å². The van der Waals surface area contributed by atoms with Gasteiger partial charge in [-0.05, 0) is 32.9 Å². The highest BCUT2D eigenvalue weighted by Gasteiger charge is 2.28. The number of rotatable bonds is 3. The zero-order valence-corrected chi connectivity index (χ0v) is 17.8. The average Bonchev–Trinajstić information content (AvgIpc) is 2.62. The van der Waals surface area contributed by atoms with Gasteiger partial charge in [-0.1, -0.05) is 23.2 Å². The van der Waals surface area contributed by atoms with E-state index in [2.05, 4.69) is 9.64 Å². The molecular weight excluding hydrogens is 395 g/mol. The Morgan fingerprint density at radius 1 is 1.11 bits per heavy atom. The van der Waals surface area contributed by atoms with Gasteiger partial charge < -0.3 is 24.0 Å². The highest BCUT2D eigenvalue weighted by Crippen LogP contribution is 2.40. The van der Waals surface area contributed by atoms with Crippen LogP contribution in [-0.4, -0.2) is 63.5 Å². The summed E-state index contributed by atoms with van der Waals surface area (Å²) in [6.45, 7) is 8.33. The van der Waals surface area contributed by atoms with E-state index in [1.807, 2.05) is 20.8 Å². The van der Waals surface area contributed by atoms with Crippen molar-refractivity contribution in [3.05, 3.63) is 22.2 Å². The number of methoxy groups -OCH3 is 2. The van der Waals surface area contributed by atoms with Crippen molar-refractivity contribution in [1.82, 2.24) is 4.90 Å². The first-order valence-corrected chi connectivity index (χ1v) is 9.11. The molecule has 1 heterocycles. The number of nitrogens with zero attached hydrogens (tertiary/aromatic N) is 2. The molecule has 1 aliphatic rings. The van der Waals surface area contributed by atoms with E-state index in [0.29, 0.717) is 48.4 Å². The second-order valence-electron chi connectivity index (χ2n) is 6.70. The smallest absolute Gasteiger partial charge is 0.410 e. The van der Waals surface area contributed by atoms with Crippen molar-refractivity contribution in [2.45, 2.75) is 26.4 Å². The summed E-state index contributed by atoms with van der Waals surface area (Å²) < 4.78 is 14.6. The number of amides is 1. The SMILES string of the molecule is COC=O.COc1ccc(Cl)c(Cl)c1N1CCN(C(=O)OC(C)(C)C)CC1. The van der Waals surface area contributed by atoms with Gasteiger partial charge in [0.05, 0.1) is 30.0 Å². The summed E-state index contributed by atoms with van der Waals surface area (Å²) in [5.74, 6) is 0.671. The van der Waals surface area contributed by atoms with Crippen LogP contribution in [0.2, 0.25) is 10.0 Å². The van der Waals surface area contributed by atoms with Gasteiger partial charge in [0, 0.05) is 26.2 Å². The molecule has 0 aromatic heterocycles. The molecule has 0 N–H and O–H groups in total. The van der Waals surface area contributed by atoms with Crippen LogP contribution in [-0.2, 0) is 14.3 Å². The quantitative estimate of drug-likeness (QED) is 0.691. The minimum absolute atomic E-state index is 0.290. The Labute approximate surface area is 170 Å². The topological polar surface area (TPSA) is 68.3 Å². The molecule has 0 atom stereocenters. The number of hydrogen-bond acceptors (Lipinski definition) is 6. The lowest BCUT2D eigenvalue weighted by atomic mass is 10.2. The number of carbonyl (C=O) groups excluding carboxylic acids is 2. The molecule has 7 nitrogen and oxygen atoms in total. The predicted octanol–water partition coefficient (Wildman–Crippen LogP) is 3.85. The number of halogens is 2. The Morgan fingerprint density at radius 2 is 1.67 bits per heavy atom. The van der Waals surface area contributed by atoms with Crippen molar-refractivity contribution in [3.63, 3.8) is 0 Å². The zero-order chi connectivity index (χ0) is 20.6. The van der Waals surface area contributed by atoms with Crippen LogP contribution in [0.1, 0.15) is 20.8 Å². The summed E-state index contributed by atoms with van der Waals surface area (Å²) in [4.78, 5) is 24.8. The molecule has 0 spiro atoms. The third kappa shape index (κ3) is 6.99. The lowest BCUT2D eigenvalue weighted by molar-refractivity contribution is -0.126. The Hall–Kier alpha value is -1.86. The van der Waals surface area contributed by atoms with Crippen LogP contribution in [0.25, 0.3) is 0 Å². The standard InChI is InChI=1S/C16H22Cl2N2O3.C2H4O2/c1-16(2,3)23-15(21)20-9-7-19(8-10-20)14-12(22-4)6-5-11(17)13(14)18;1-4-2-3/h5-6H,7-10H2,1-4H3;2H,1H3. The summed E-state index contributed by atoms with van der Waals surface area (Å²) in [5.41, 5.74) is 0.277. The highest BCUT2D eigenvalue weighted by atomic mass is 35.5. The molecule has 1 aromatic carbocycles. The molecule has 1 amide bonds. The first-order chi connectivity index (χ1) is 12.6.